The van der Waals surface area contributed by atoms with Crippen LogP contribution in [0.4, 0.5) is 4.39 Å². The fraction of sp³-hybridized carbons (Fsp3) is 0.351. The third kappa shape index (κ3) is 4.97. The fourth-order valence-corrected chi connectivity index (χ4v) is 7.77. The molecular formula is C37H34FN5O4. The lowest BCUT2D eigenvalue weighted by molar-refractivity contribution is 0.0639. The van der Waals surface area contributed by atoms with Crippen molar-refractivity contribution < 1.29 is 18.4 Å². The number of aromatic amines is 1. The third-order valence-electron chi connectivity index (χ3n) is 10.3. The number of pyridine rings is 1. The van der Waals surface area contributed by atoms with Crippen molar-refractivity contribution in [3.63, 3.8) is 0 Å². The van der Waals surface area contributed by atoms with Gasteiger partial charge in [-0.25, -0.2) is 4.39 Å². The number of amides is 1. The van der Waals surface area contributed by atoms with Gasteiger partial charge >= 0.3 is 0 Å². The van der Waals surface area contributed by atoms with Gasteiger partial charge in [0.15, 0.2) is 5.76 Å². The lowest BCUT2D eigenvalue weighted by Gasteiger charge is -2.23. The number of rotatable bonds is 7. The molecule has 3 aliphatic heterocycles. The SMILES string of the molecule is CC(c1ccc(C#N)c(F)c1)n1ccc2cc(-c3c4c(nc(CCC5CCOCC5)c3-c3cc(=O)[nH]o3)[C@@H]3CCCN3C4=O)ccc21. The number of H-pyrrole nitrogens is 1. The molecule has 0 saturated carbocycles. The van der Waals surface area contributed by atoms with Crippen LogP contribution in [0.2, 0.25) is 0 Å². The summed E-state index contributed by atoms with van der Waals surface area (Å²) < 4.78 is 27.9. The van der Waals surface area contributed by atoms with Crippen LogP contribution >= 0.6 is 0 Å². The molecule has 6 heterocycles. The molecule has 2 atom stereocenters. The number of aromatic nitrogens is 3. The van der Waals surface area contributed by atoms with Crippen molar-refractivity contribution in [2.45, 2.75) is 57.5 Å². The molecule has 9 nitrogen and oxygen atoms in total. The van der Waals surface area contributed by atoms with E-state index in [1.807, 2.05) is 42.3 Å². The van der Waals surface area contributed by atoms with Crippen LogP contribution in [-0.2, 0) is 11.2 Å². The monoisotopic (exact) mass is 631 g/mol. The first-order valence-electron chi connectivity index (χ1n) is 16.4. The maximum atomic E-state index is 14.5. The van der Waals surface area contributed by atoms with Crippen molar-refractivity contribution in [3.8, 4) is 28.5 Å². The second-order valence-electron chi connectivity index (χ2n) is 12.9. The van der Waals surface area contributed by atoms with Crippen LogP contribution in [0, 0.1) is 23.1 Å². The Labute approximate surface area is 270 Å². The molecule has 0 aliphatic carbocycles. The summed E-state index contributed by atoms with van der Waals surface area (Å²) in [6.07, 6.45) is 7.41. The predicted molar refractivity (Wildman–Crippen MR) is 173 cm³/mol. The van der Waals surface area contributed by atoms with E-state index in [4.69, 9.17) is 19.5 Å². The minimum absolute atomic E-state index is 0.0176. The minimum Gasteiger partial charge on any atom is -0.381 e. The van der Waals surface area contributed by atoms with Crippen LogP contribution in [0.15, 0.2) is 64.0 Å². The number of carbonyl (C=O) groups excluding carboxylic acids is 1. The molecule has 3 aromatic heterocycles. The Hall–Kier alpha value is -5.01. The number of carbonyl (C=O) groups is 1. The van der Waals surface area contributed by atoms with Gasteiger partial charge in [0.1, 0.15) is 11.9 Å². The smallest absolute Gasteiger partial charge is 0.280 e. The molecular weight excluding hydrogens is 597 g/mol. The van der Waals surface area contributed by atoms with Crippen LogP contribution in [0.1, 0.15) is 84.0 Å². The number of fused-ring (bicyclic) bond motifs is 4. The van der Waals surface area contributed by atoms with E-state index in [2.05, 4.69) is 15.8 Å². The second kappa shape index (κ2) is 11.7. The lowest BCUT2D eigenvalue weighted by atomic mass is 9.87. The van der Waals surface area contributed by atoms with Crippen LogP contribution in [0.3, 0.4) is 0 Å². The average molecular weight is 632 g/mol. The molecule has 2 saturated heterocycles. The summed E-state index contributed by atoms with van der Waals surface area (Å²) in [6.45, 7) is 4.21. The van der Waals surface area contributed by atoms with E-state index in [1.54, 1.807) is 6.07 Å². The molecule has 0 bridgehead atoms. The largest absolute Gasteiger partial charge is 0.381 e. The molecule has 2 aromatic carbocycles. The van der Waals surface area contributed by atoms with Gasteiger partial charge < -0.3 is 18.7 Å². The molecule has 5 aromatic rings. The summed E-state index contributed by atoms with van der Waals surface area (Å²) in [7, 11) is 0. The Bertz CT molecular complexity index is 2130. The number of benzene rings is 2. The Morgan fingerprint density at radius 1 is 1.06 bits per heavy atom. The highest BCUT2D eigenvalue weighted by atomic mass is 19.1. The first-order chi connectivity index (χ1) is 22.9. The van der Waals surface area contributed by atoms with Gasteiger partial charge in [0.25, 0.3) is 11.5 Å². The van der Waals surface area contributed by atoms with Gasteiger partial charge in [0, 0.05) is 42.4 Å². The quantitative estimate of drug-likeness (QED) is 0.208. The van der Waals surface area contributed by atoms with Crippen LogP contribution in [0.5, 0.6) is 0 Å². The van der Waals surface area contributed by atoms with Crippen molar-refractivity contribution in [1.29, 1.82) is 5.26 Å². The summed E-state index contributed by atoms with van der Waals surface area (Å²) in [5.74, 6) is 0.315. The van der Waals surface area contributed by atoms with E-state index in [0.29, 0.717) is 35.8 Å². The van der Waals surface area contributed by atoms with E-state index < -0.39 is 5.82 Å². The van der Waals surface area contributed by atoms with Crippen molar-refractivity contribution >= 4 is 16.8 Å². The molecule has 47 heavy (non-hydrogen) atoms. The van der Waals surface area contributed by atoms with E-state index in [0.717, 1.165) is 84.3 Å². The second-order valence-corrected chi connectivity index (χ2v) is 12.9. The molecule has 8 rings (SSSR count). The highest BCUT2D eigenvalue weighted by molar-refractivity contribution is 6.09. The van der Waals surface area contributed by atoms with E-state index >= 15 is 0 Å². The zero-order chi connectivity index (χ0) is 32.2. The third-order valence-corrected chi connectivity index (χ3v) is 10.3. The van der Waals surface area contributed by atoms with E-state index in [9.17, 15) is 14.0 Å². The highest BCUT2D eigenvalue weighted by Crippen LogP contribution is 2.48. The lowest BCUT2D eigenvalue weighted by Crippen LogP contribution is -2.22. The first kappa shape index (κ1) is 29.4. The number of nitriles is 1. The fourth-order valence-electron chi connectivity index (χ4n) is 7.77. The molecule has 0 spiro atoms. The number of aryl methyl sites for hydroxylation is 1. The van der Waals surface area contributed by atoms with Crippen LogP contribution in [-0.4, -0.2) is 45.3 Å². The van der Waals surface area contributed by atoms with Crippen molar-refractivity contribution in [2.24, 2.45) is 5.92 Å². The van der Waals surface area contributed by atoms with E-state index in [-0.39, 0.29) is 29.1 Å². The molecule has 10 heteroatoms. The zero-order valence-corrected chi connectivity index (χ0v) is 26.1. The number of ether oxygens (including phenoxy) is 1. The summed E-state index contributed by atoms with van der Waals surface area (Å²) in [4.78, 5) is 33.6. The molecule has 3 aliphatic rings. The number of hydrogen-bond acceptors (Lipinski definition) is 6. The number of halogens is 1. The zero-order valence-electron chi connectivity index (χ0n) is 26.1. The molecule has 0 radical (unpaired) electrons. The molecule has 1 N–H and O–H groups in total. The van der Waals surface area contributed by atoms with Crippen molar-refractivity contribution in [1.82, 2.24) is 19.6 Å². The van der Waals surface area contributed by atoms with Crippen molar-refractivity contribution in [3.05, 3.63) is 99.0 Å². The number of nitrogens with zero attached hydrogens (tertiary/aromatic N) is 4. The summed E-state index contributed by atoms with van der Waals surface area (Å²) in [5.41, 5.74) is 5.87. The average Bonchev–Trinajstić information content (AvgIpc) is 3.89. The van der Waals surface area contributed by atoms with E-state index in [1.165, 1.54) is 18.2 Å². The van der Waals surface area contributed by atoms with Gasteiger partial charge in [-0.15, -0.1) is 0 Å². The maximum Gasteiger partial charge on any atom is 0.280 e. The van der Waals surface area contributed by atoms with Crippen LogP contribution < -0.4 is 5.56 Å². The topological polar surface area (TPSA) is 117 Å². The van der Waals surface area contributed by atoms with Crippen LogP contribution in [0.25, 0.3) is 33.4 Å². The van der Waals surface area contributed by atoms with Gasteiger partial charge in [-0.3, -0.25) is 14.6 Å². The minimum atomic E-state index is -0.538. The molecule has 1 unspecified atom stereocenters. The first-order valence-corrected chi connectivity index (χ1v) is 16.4. The predicted octanol–water partition coefficient (Wildman–Crippen LogP) is 6.92. The number of hydrogen-bond donors (Lipinski definition) is 1. The Morgan fingerprint density at radius 2 is 1.91 bits per heavy atom. The molecule has 2 fully saturated rings. The van der Waals surface area contributed by atoms with Gasteiger partial charge in [0.05, 0.1) is 46.2 Å². The van der Waals surface area contributed by atoms with Gasteiger partial charge in [-0.05, 0) is 92.8 Å². The summed E-state index contributed by atoms with van der Waals surface area (Å²) in [6, 6.07) is 15.9. The van der Waals surface area contributed by atoms with Gasteiger partial charge in [-0.1, -0.05) is 12.1 Å². The molecule has 1 amide bonds. The summed E-state index contributed by atoms with van der Waals surface area (Å²) in [5, 5.41) is 12.6. The Morgan fingerprint density at radius 3 is 2.68 bits per heavy atom. The highest BCUT2D eigenvalue weighted by Gasteiger charge is 2.44. The van der Waals surface area contributed by atoms with Crippen molar-refractivity contribution in [2.75, 3.05) is 19.8 Å². The normalized spacial score (nSPS) is 18.4. The van der Waals surface area contributed by atoms with Gasteiger partial charge in [-0.2, -0.15) is 10.4 Å². The standard InChI is InChI=1S/C37H34FN5O4/c1-21(23-5-6-26(20-39)27(38)18-23)42-14-10-24-17-25(7-9-29(24)42)33-34(31-19-32(44)41-47-31)28(8-4-22-11-15-46-16-12-22)40-36-30-3-2-13-43(30)37(45)35(33)36/h5-7,9-10,14,17-19,21-22,30H,2-4,8,11-13,15-16H2,1H3,(H,41,44)/t21?,30-/m0/s1. The Kier molecular flexibility index (Phi) is 7.29. The Balaban J connectivity index is 1.28. The molecule has 238 valence electrons. The van der Waals surface area contributed by atoms with Gasteiger partial charge in [0.2, 0.25) is 0 Å². The number of nitrogens with one attached hydrogen (secondary N) is 1. The maximum absolute atomic E-state index is 14.5. The summed E-state index contributed by atoms with van der Waals surface area (Å²) >= 11 is 0.